The van der Waals surface area contributed by atoms with Crippen molar-refractivity contribution < 1.29 is 27.9 Å². The van der Waals surface area contributed by atoms with Crippen molar-refractivity contribution in [3.63, 3.8) is 0 Å². The van der Waals surface area contributed by atoms with Gasteiger partial charge in [-0.1, -0.05) is 4.89 Å². The minimum absolute atomic E-state index is 0.0828. The highest BCUT2D eigenvalue weighted by Gasteiger charge is 2.16. The van der Waals surface area contributed by atoms with Gasteiger partial charge in [-0.3, -0.25) is 4.84 Å². The third-order valence-corrected chi connectivity index (χ3v) is 3.63. The predicted molar refractivity (Wildman–Crippen MR) is 64.6 cm³/mol. The molecule has 18 heavy (non-hydrogen) atoms. The maximum absolute atomic E-state index is 11.7. The number of aliphatic carboxylic acids is 1. The van der Waals surface area contributed by atoms with Gasteiger partial charge in [-0.25, -0.2) is 13.2 Å². The summed E-state index contributed by atoms with van der Waals surface area (Å²) in [5.41, 5.74) is 0. The summed E-state index contributed by atoms with van der Waals surface area (Å²) >= 11 is 3.14. The number of nitrogens with one attached hydrogen (secondary N) is 1. The number of benzene rings is 1. The van der Waals surface area contributed by atoms with E-state index in [4.69, 9.17) is 9.84 Å². The summed E-state index contributed by atoms with van der Waals surface area (Å²) in [5, 5.41) is 8.31. The van der Waals surface area contributed by atoms with Crippen LogP contribution >= 0.6 is 15.9 Å². The second-order valence-corrected chi connectivity index (χ2v) is 5.56. The van der Waals surface area contributed by atoms with Crippen molar-refractivity contribution in [3.05, 3.63) is 22.7 Å². The van der Waals surface area contributed by atoms with E-state index in [1.807, 2.05) is 0 Å². The fraction of sp³-hybridized carbons (Fsp3) is 0.222. The van der Waals surface area contributed by atoms with E-state index < -0.39 is 22.6 Å². The zero-order valence-corrected chi connectivity index (χ0v) is 11.6. The Hall–Kier alpha value is -1.16. The topological polar surface area (TPSA) is 102 Å². The van der Waals surface area contributed by atoms with E-state index in [0.29, 0.717) is 10.2 Å². The first kappa shape index (κ1) is 14.9. The van der Waals surface area contributed by atoms with E-state index in [2.05, 4.69) is 20.8 Å². The Labute approximate surface area is 112 Å². The number of carboxylic acids is 1. The number of hydrogen-bond donors (Lipinski definition) is 2. The van der Waals surface area contributed by atoms with Crippen LogP contribution in [0.5, 0.6) is 5.75 Å². The molecule has 2 N–H and O–H groups in total. The molecule has 0 saturated carbocycles. The van der Waals surface area contributed by atoms with Crippen molar-refractivity contribution >= 4 is 31.9 Å². The summed E-state index contributed by atoms with van der Waals surface area (Å²) in [6.45, 7) is -0.767. The molecule has 1 aromatic rings. The van der Waals surface area contributed by atoms with Gasteiger partial charge < -0.3 is 9.84 Å². The molecule has 0 aliphatic carbocycles. The van der Waals surface area contributed by atoms with Gasteiger partial charge in [0, 0.05) is 0 Å². The highest BCUT2D eigenvalue weighted by Crippen LogP contribution is 2.27. The number of carbonyl (C=O) groups is 1. The molecule has 0 fully saturated rings. The maximum Gasteiger partial charge on any atom is 0.331 e. The molecule has 0 spiro atoms. The van der Waals surface area contributed by atoms with Gasteiger partial charge in [0.1, 0.15) is 5.75 Å². The van der Waals surface area contributed by atoms with Crippen LogP contribution in [0.4, 0.5) is 0 Å². The number of sulfonamides is 1. The number of methoxy groups -OCH3 is 1. The van der Waals surface area contributed by atoms with E-state index in [-0.39, 0.29) is 4.90 Å². The van der Waals surface area contributed by atoms with Crippen LogP contribution in [-0.4, -0.2) is 33.2 Å². The SMILES string of the molecule is COc1ccc(S(=O)(=O)NOCC(=O)O)cc1Br. The molecule has 0 unspecified atom stereocenters. The number of carboxylic acid groups (broad SMARTS) is 1. The highest BCUT2D eigenvalue weighted by molar-refractivity contribution is 9.10. The van der Waals surface area contributed by atoms with Gasteiger partial charge >= 0.3 is 5.97 Å². The minimum atomic E-state index is -3.92. The molecule has 0 aliphatic rings. The second kappa shape index (κ2) is 6.14. The molecule has 0 bridgehead atoms. The Morgan fingerprint density at radius 1 is 1.50 bits per heavy atom. The average molecular weight is 340 g/mol. The van der Waals surface area contributed by atoms with Crippen molar-refractivity contribution in [1.29, 1.82) is 0 Å². The predicted octanol–water partition coefficient (Wildman–Crippen LogP) is 0.752. The van der Waals surface area contributed by atoms with Gasteiger partial charge in [0.15, 0.2) is 6.61 Å². The van der Waals surface area contributed by atoms with Crippen LogP contribution < -0.4 is 9.62 Å². The number of ether oxygens (including phenoxy) is 1. The molecule has 9 heteroatoms. The van der Waals surface area contributed by atoms with Gasteiger partial charge in [0.2, 0.25) is 0 Å². The summed E-state index contributed by atoms with van der Waals surface area (Å²) in [7, 11) is -2.48. The molecule has 1 rings (SSSR count). The largest absolute Gasteiger partial charge is 0.496 e. The van der Waals surface area contributed by atoms with E-state index in [1.165, 1.54) is 25.3 Å². The third kappa shape index (κ3) is 3.95. The van der Waals surface area contributed by atoms with Gasteiger partial charge in [0.25, 0.3) is 10.0 Å². The fourth-order valence-corrected chi connectivity index (χ4v) is 2.55. The summed E-state index contributed by atoms with van der Waals surface area (Å²) in [4.78, 5) is 16.1. The maximum atomic E-state index is 11.7. The van der Waals surface area contributed by atoms with Crippen LogP contribution in [0.3, 0.4) is 0 Å². The second-order valence-electron chi connectivity index (χ2n) is 3.07. The Bertz CT molecular complexity index is 544. The van der Waals surface area contributed by atoms with Crippen LogP contribution in [0.25, 0.3) is 0 Å². The number of halogens is 1. The van der Waals surface area contributed by atoms with Crippen molar-refractivity contribution in [3.8, 4) is 5.75 Å². The van der Waals surface area contributed by atoms with Crippen molar-refractivity contribution in [1.82, 2.24) is 4.89 Å². The summed E-state index contributed by atoms with van der Waals surface area (Å²) in [6, 6.07) is 4.07. The Morgan fingerprint density at radius 2 is 2.17 bits per heavy atom. The monoisotopic (exact) mass is 339 g/mol. The molecular formula is C9H10BrNO6S. The fourth-order valence-electron chi connectivity index (χ4n) is 1.03. The Kier molecular flexibility index (Phi) is 5.08. The quantitative estimate of drug-likeness (QED) is 0.741. The lowest BCUT2D eigenvalue weighted by molar-refractivity contribution is -0.143. The lowest BCUT2D eigenvalue weighted by Crippen LogP contribution is -2.26. The van der Waals surface area contributed by atoms with Gasteiger partial charge in [-0.05, 0) is 34.1 Å². The third-order valence-electron chi connectivity index (χ3n) is 1.80. The number of hydrogen-bond acceptors (Lipinski definition) is 5. The Morgan fingerprint density at radius 3 is 2.67 bits per heavy atom. The van der Waals surface area contributed by atoms with Crippen molar-refractivity contribution in [2.24, 2.45) is 0 Å². The normalized spacial score (nSPS) is 11.2. The highest BCUT2D eigenvalue weighted by atomic mass is 79.9. The van der Waals surface area contributed by atoms with Crippen LogP contribution in [-0.2, 0) is 19.7 Å². The van der Waals surface area contributed by atoms with Crippen LogP contribution in [0.1, 0.15) is 0 Å². The lowest BCUT2D eigenvalue weighted by Gasteiger charge is -2.08. The first-order valence-corrected chi connectivity index (χ1v) is 6.83. The molecule has 0 heterocycles. The average Bonchev–Trinajstić information content (AvgIpc) is 2.28. The molecule has 0 aromatic heterocycles. The molecule has 0 radical (unpaired) electrons. The zero-order valence-electron chi connectivity index (χ0n) is 9.21. The smallest absolute Gasteiger partial charge is 0.331 e. The molecule has 0 amide bonds. The minimum Gasteiger partial charge on any atom is -0.496 e. The molecule has 7 nitrogen and oxygen atoms in total. The summed E-state index contributed by atoms with van der Waals surface area (Å²) in [6.07, 6.45) is 0. The van der Waals surface area contributed by atoms with E-state index >= 15 is 0 Å². The van der Waals surface area contributed by atoms with Crippen molar-refractivity contribution in [2.75, 3.05) is 13.7 Å². The first-order chi connectivity index (χ1) is 8.36. The van der Waals surface area contributed by atoms with E-state index in [0.717, 1.165) is 0 Å². The molecule has 0 atom stereocenters. The lowest BCUT2D eigenvalue weighted by atomic mass is 10.3. The zero-order chi connectivity index (χ0) is 13.8. The van der Waals surface area contributed by atoms with Gasteiger partial charge in [-0.2, -0.15) is 0 Å². The van der Waals surface area contributed by atoms with Gasteiger partial charge in [0.05, 0.1) is 16.5 Å². The molecule has 100 valence electrons. The van der Waals surface area contributed by atoms with E-state index in [1.54, 1.807) is 4.89 Å². The molecule has 0 aliphatic heterocycles. The molecule has 1 aromatic carbocycles. The standard InChI is InChI=1S/C9H10BrNO6S/c1-16-8-3-2-6(4-7(8)10)18(14,15)11-17-5-9(12)13/h2-4,11H,5H2,1H3,(H,12,13). The first-order valence-electron chi connectivity index (χ1n) is 4.56. The van der Waals surface area contributed by atoms with Crippen LogP contribution in [0.2, 0.25) is 0 Å². The van der Waals surface area contributed by atoms with E-state index in [9.17, 15) is 13.2 Å². The molecular weight excluding hydrogens is 330 g/mol. The van der Waals surface area contributed by atoms with Crippen LogP contribution in [0, 0.1) is 0 Å². The van der Waals surface area contributed by atoms with Crippen LogP contribution in [0.15, 0.2) is 27.6 Å². The van der Waals surface area contributed by atoms with Gasteiger partial charge in [-0.15, -0.1) is 0 Å². The van der Waals surface area contributed by atoms with Crippen molar-refractivity contribution in [2.45, 2.75) is 4.90 Å². The Balaban J connectivity index is 2.85. The number of rotatable bonds is 6. The summed E-state index contributed by atoms with van der Waals surface area (Å²) < 4.78 is 28.8. The summed E-state index contributed by atoms with van der Waals surface area (Å²) in [5.74, 6) is -0.811. The molecule has 0 saturated heterocycles.